The Morgan fingerprint density at radius 3 is 2.88 bits per heavy atom. The highest BCUT2D eigenvalue weighted by atomic mass is 16.5. The fraction of sp³-hybridized carbons (Fsp3) is 0.500. The van der Waals surface area contributed by atoms with Gasteiger partial charge in [-0.05, 0) is 24.8 Å². The molecule has 0 amide bonds. The maximum Gasteiger partial charge on any atom is 0.166 e. The zero-order chi connectivity index (χ0) is 11.4. The van der Waals surface area contributed by atoms with Crippen molar-refractivity contribution in [3.05, 3.63) is 35.4 Å². The molecular weight excluding hydrogens is 200 g/mol. The molecule has 1 aliphatic carbocycles. The summed E-state index contributed by atoms with van der Waals surface area (Å²) < 4.78 is 5.44. The maximum atomic E-state index is 12.0. The monoisotopic (exact) mass is 218 g/mol. The van der Waals surface area contributed by atoms with Crippen LogP contribution in [0.2, 0.25) is 0 Å². The number of hydrogen-bond acceptors (Lipinski definition) is 2. The third-order valence-corrected chi connectivity index (χ3v) is 3.08. The normalized spacial score (nSPS) is 18.8. The van der Waals surface area contributed by atoms with E-state index in [0.717, 1.165) is 31.4 Å². The van der Waals surface area contributed by atoms with Gasteiger partial charge in [0.15, 0.2) is 5.78 Å². The summed E-state index contributed by atoms with van der Waals surface area (Å²) in [6, 6.07) is 7.93. The van der Waals surface area contributed by atoms with E-state index in [4.69, 9.17) is 4.74 Å². The number of carbonyl (C=O) groups is 1. The number of rotatable bonds is 5. The molecule has 2 heteroatoms. The van der Waals surface area contributed by atoms with Crippen molar-refractivity contribution in [1.29, 1.82) is 0 Å². The Morgan fingerprint density at radius 1 is 1.31 bits per heavy atom. The van der Waals surface area contributed by atoms with Gasteiger partial charge in [-0.25, -0.2) is 0 Å². The number of hydrogen-bond donors (Lipinski definition) is 0. The van der Waals surface area contributed by atoms with Crippen molar-refractivity contribution in [2.45, 2.75) is 26.2 Å². The summed E-state index contributed by atoms with van der Waals surface area (Å²) in [5.41, 5.74) is 2.12. The van der Waals surface area contributed by atoms with Gasteiger partial charge in [0.25, 0.3) is 0 Å². The Labute approximate surface area is 96.6 Å². The Bertz CT molecular complexity index is 371. The van der Waals surface area contributed by atoms with E-state index in [2.05, 4.69) is 13.0 Å². The van der Waals surface area contributed by atoms with Crippen molar-refractivity contribution in [2.75, 3.05) is 13.2 Å². The van der Waals surface area contributed by atoms with Gasteiger partial charge in [-0.15, -0.1) is 0 Å². The molecule has 0 fully saturated rings. The molecule has 2 rings (SSSR count). The molecule has 86 valence electrons. The Kier molecular flexibility index (Phi) is 3.73. The standard InChI is InChI=1S/C14H18O2/c1-2-8-16-9-7-12-10-11-5-3-4-6-13(11)14(12)15/h3-6,12H,2,7-10H2,1H3. The molecule has 0 aliphatic heterocycles. The lowest BCUT2D eigenvalue weighted by Crippen LogP contribution is -2.12. The minimum atomic E-state index is 0.147. The molecule has 1 aromatic carbocycles. The van der Waals surface area contributed by atoms with Crippen LogP contribution in [0.25, 0.3) is 0 Å². The van der Waals surface area contributed by atoms with E-state index >= 15 is 0 Å². The molecule has 0 heterocycles. The summed E-state index contributed by atoms with van der Waals surface area (Å²) in [5.74, 6) is 0.449. The first-order valence-corrected chi connectivity index (χ1v) is 6.02. The van der Waals surface area contributed by atoms with Crippen molar-refractivity contribution in [1.82, 2.24) is 0 Å². The zero-order valence-electron chi connectivity index (χ0n) is 9.74. The van der Waals surface area contributed by atoms with Gasteiger partial charge < -0.3 is 4.74 Å². The van der Waals surface area contributed by atoms with Gasteiger partial charge in [-0.3, -0.25) is 4.79 Å². The molecule has 0 spiro atoms. The number of benzene rings is 1. The minimum absolute atomic E-state index is 0.147. The number of Topliss-reactive ketones (excluding diaryl/α,β-unsaturated/α-hetero) is 1. The largest absolute Gasteiger partial charge is 0.381 e. The highest BCUT2D eigenvalue weighted by molar-refractivity contribution is 6.02. The summed E-state index contributed by atoms with van der Waals surface area (Å²) in [7, 11) is 0. The van der Waals surface area contributed by atoms with Gasteiger partial charge in [0.2, 0.25) is 0 Å². The van der Waals surface area contributed by atoms with Gasteiger partial charge in [-0.2, -0.15) is 0 Å². The molecule has 2 nitrogen and oxygen atoms in total. The first-order chi connectivity index (χ1) is 7.83. The van der Waals surface area contributed by atoms with Crippen molar-refractivity contribution < 1.29 is 9.53 Å². The minimum Gasteiger partial charge on any atom is -0.381 e. The van der Waals surface area contributed by atoms with Crippen LogP contribution in [0.1, 0.15) is 35.7 Å². The predicted octanol–water partition coefficient (Wildman–Crippen LogP) is 2.86. The summed E-state index contributed by atoms with van der Waals surface area (Å²) >= 11 is 0. The highest BCUT2D eigenvalue weighted by Gasteiger charge is 2.29. The molecular formula is C14H18O2. The molecule has 1 aliphatic rings. The second-order valence-electron chi connectivity index (χ2n) is 4.32. The van der Waals surface area contributed by atoms with Crippen molar-refractivity contribution in [3.8, 4) is 0 Å². The fourth-order valence-corrected chi connectivity index (χ4v) is 2.22. The van der Waals surface area contributed by atoms with E-state index in [1.807, 2.05) is 18.2 Å². The van der Waals surface area contributed by atoms with Gasteiger partial charge in [0.1, 0.15) is 0 Å². The number of ether oxygens (including phenoxy) is 1. The Morgan fingerprint density at radius 2 is 2.12 bits per heavy atom. The number of fused-ring (bicyclic) bond motifs is 1. The Hall–Kier alpha value is -1.15. The molecule has 0 bridgehead atoms. The number of ketones is 1. The van der Waals surface area contributed by atoms with Crippen LogP contribution in [-0.2, 0) is 11.2 Å². The third kappa shape index (κ3) is 2.33. The summed E-state index contributed by atoms with van der Waals surface area (Å²) in [4.78, 5) is 12.0. The van der Waals surface area contributed by atoms with Crippen LogP contribution < -0.4 is 0 Å². The Balaban J connectivity index is 1.89. The molecule has 16 heavy (non-hydrogen) atoms. The van der Waals surface area contributed by atoms with E-state index in [1.54, 1.807) is 0 Å². The van der Waals surface area contributed by atoms with Crippen LogP contribution in [0.5, 0.6) is 0 Å². The zero-order valence-corrected chi connectivity index (χ0v) is 9.74. The van der Waals surface area contributed by atoms with Gasteiger partial charge in [0, 0.05) is 24.7 Å². The molecule has 0 N–H and O–H groups in total. The second-order valence-corrected chi connectivity index (χ2v) is 4.32. The van der Waals surface area contributed by atoms with Crippen LogP contribution >= 0.6 is 0 Å². The van der Waals surface area contributed by atoms with Crippen LogP contribution in [0, 0.1) is 5.92 Å². The van der Waals surface area contributed by atoms with E-state index in [0.29, 0.717) is 12.4 Å². The highest BCUT2D eigenvalue weighted by Crippen LogP contribution is 2.28. The second kappa shape index (κ2) is 5.26. The van der Waals surface area contributed by atoms with E-state index < -0.39 is 0 Å². The molecule has 0 saturated carbocycles. The first-order valence-electron chi connectivity index (χ1n) is 6.02. The average molecular weight is 218 g/mol. The van der Waals surface area contributed by atoms with Gasteiger partial charge >= 0.3 is 0 Å². The smallest absolute Gasteiger partial charge is 0.166 e. The van der Waals surface area contributed by atoms with E-state index in [-0.39, 0.29) is 5.92 Å². The SMILES string of the molecule is CCCOCCC1Cc2ccccc2C1=O. The summed E-state index contributed by atoms with van der Waals surface area (Å²) in [6.45, 7) is 3.60. The fourth-order valence-electron chi connectivity index (χ4n) is 2.22. The van der Waals surface area contributed by atoms with E-state index in [1.165, 1.54) is 5.56 Å². The van der Waals surface area contributed by atoms with Gasteiger partial charge in [-0.1, -0.05) is 31.2 Å². The average Bonchev–Trinajstić information content (AvgIpc) is 2.63. The predicted molar refractivity (Wildman–Crippen MR) is 63.7 cm³/mol. The molecule has 1 aromatic rings. The lowest BCUT2D eigenvalue weighted by atomic mass is 10.0. The molecule has 0 radical (unpaired) electrons. The number of carbonyl (C=O) groups excluding carboxylic acids is 1. The first kappa shape index (κ1) is 11.3. The molecule has 1 unspecified atom stereocenters. The quantitative estimate of drug-likeness (QED) is 0.710. The lowest BCUT2D eigenvalue weighted by Gasteiger charge is -2.07. The van der Waals surface area contributed by atoms with Crippen molar-refractivity contribution in [2.24, 2.45) is 5.92 Å². The van der Waals surface area contributed by atoms with Crippen LogP contribution in [0.15, 0.2) is 24.3 Å². The van der Waals surface area contributed by atoms with Gasteiger partial charge in [0.05, 0.1) is 0 Å². The van der Waals surface area contributed by atoms with Crippen molar-refractivity contribution in [3.63, 3.8) is 0 Å². The molecule has 1 atom stereocenters. The topological polar surface area (TPSA) is 26.3 Å². The third-order valence-electron chi connectivity index (χ3n) is 3.08. The van der Waals surface area contributed by atoms with E-state index in [9.17, 15) is 4.79 Å². The summed E-state index contributed by atoms with van der Waals surface area (Å²) in [6.07, 6.45) is 2.79. The van der Waals surface area contributed by atoms with Crippen molar-refractivity contribution >= 4 is 5.78 Å². The molecule has 0 aromatic heterocycles. The van der Waals surface area contributed by atoms with Crippen LogP contribution in [-0.4, -0.2) is 19.0 Å². The lowest BCUT2D eigenvalue weighted by molar-refractivity contribution is 0.0858. The van der Waals surface area contributed by atoms with Crippen LogP contribution in [0.4, 0.5) is 0 Å². The summed E-state index contributed by atoms with van der Waals surface area (Å²) in [5, 5.41) is 0. The van der Waals surface area contributed by atoms with Crippen LogP contribution in [0.3, 0.4) is 0 Å². The maximum absolute atomic E-state index is 12.0. The molecule has 0 saturated heterocycles.